The van der Waals surface area contributed by atoms with Gasteiger partial charge in [0.2, 0.25) is 5.91 Å². The van der Waals surface area contributed by atoms with E-state index < -0.39 is 11.4 Å². The van der Waals surface area contributed by atoms with E-state index in [4.69, 9.17) is 4.74 Å². The van der Waals surface area contributed by atoms with Crippen molar-refractivity contribution in [1.82, 2.24) is 25.1 Å². The molecule has 1 unspecified atom stereocenters. The van der Waals surface area contributed by atoms with Crippen molar-refractivity contribution in [3.05, 3.63) is 82.9 Å². The third kappa shape index (κ3) is 5.21. The number of carbonyl (C=O) groups excluding carboxylic acids is 3. The smallest absolute Gasteiger partial charge is 0.273 e. The van der Waals surface area contributed by atoms with Gasteiger partial charge in [0.1, 0.15) is 17.0 Å². The van der Waals surface area contributed by atoms with E-state index in [0.29, 0.717) is 25.3 Å². The van der Waals surface area contributed by atoms with Crippen LogP contribution in [-0.2, 0) is 24.4 Å². The average molecular weight is 504 g/mol. The summed E-state index contributed by atoms with van der Waals surface area (Å²) in [5.74, 6) is -0.443. The normalized spacial score (nSPS) is 16.8. The van der Waals surface area contributed by atoms with Gasteiger partial charge in [-0.15, -0.1) is 0 Å². The highest BCUT2D eigenvalue weighted by molar-refractivity contribution is 6.07. The molecule has 0 saturated heterocycles. The van der Waals surface area contributed by atoms with E-state index >= 15 is 0 Å². The maximum atomic E-state index is 13.7. The van der Waals surface area contributed by atoms with Crippen LogP contribution >= 0.6 is 0 Å². The van der Waals surface area contributed by atoms with Gasteiger partial charge in [0, 0.05) is 25.2 Å². The van der Waals surface area contributed by atoms with Gasteiger partial charge >= 0.3 is 0 Å². The van der Waals surface area contributed by atoms with Gasteiger partial charge in [0.25, 0.3) is 11.8 Å². The maximum Gasteiger partial charge on any atom is 0.273 e. The van der Waals surface area contributed by atoms with Gasteiger partial charge in [-0.05, 0) is 31.9 Å². The number of nitrogens with one attached hydrogen (secondary N) is 2. The van der Waals surface area contributed by atoms with E-state index in [1.54, 1.807) is 23.5 Å². The van der Waals surface area contributed by atoms with Crippen molar-refractivity contribution in [2.45, 2.75) is 52.4 Å². The molecule has 9 nitrogen and oxygen atoms in total. The number of para-hydroxylation sites is 1. The van der Waals surface area contributed by atoms with Crippen LogP contribution in [0, 0.1) is 6.92 Å². The monoisotopic (exact) mass is 503 g/mol. The number of aromatic nitrogens is 2. The first-order chi connectivity index (χ1) is 17.8. The molecular weight excluding hydrogens is 470 g/mol. The molecule has 0 bridgehead atoms. The molecule has 1 aliphatic rings. The molecule has 0 spiro atoms. The number of nitrogens with zero attached hydrogens (tertiary/aromatic N) is 3. The fraction of sp³-hybridized carbons (Fsp3) is 0.357. The van der Waals surface area contributed by atoms with Gasteiger partial charge < -0.3 is 24.8 Å². The molecule has 0 radical (unpaired) electrons. The van der Waals surface area contributed by atoms with Crippen LogP contribution in [0.4, 0.5) is 0 Å². The molecule has 194 valence electrons. The number of aryl methyl sites for hydroxylation is 1. The Balaban J connectivity index is 1.54. The number of imidazole rings is 1. The summed E-state index contributed by atoms with van der Waals surface area (Å²) < 4.78 is 6.95. The summed E-state index contributed by atoms with van der Waals surface area (Å²) in [6.45, 7) is 6.87. The Morgan fingerprint density at radius 1 is 1.08 bits per heavy atom. The van der Waals surface area contributed by atoms with Crippen molar-refractivity contribution in [2.75, 3.05) is 13.7 Å². The Kier molecular flexibility index (Phi) is 7.61. The van der Waals surface area contributed by atoms with Crippen LogP contribution in [0.1, 0.15) is 57.9 Å². The third-order valence-electron chi connectivity index (χ3n) is 6.72. The summed E-state index contributed by atoms with van der Waals surface area (Å²) in [5.41, 5.74) is 2.03. The molecular formula is C28H33N5O4. The second-order valence-corrected chi connectivity index (χ2v) is 9.46. The van der Waals surface area contributed by atoms with E-state index in [1.165, 1.54) is 6.33 Å². The number of rotatable bonds is 9. The number of methoxy groups -OCH3 is 1. The lowest BCUT2D eigenvalue weighted by Gasteiger charge is -2.43. The van der Waals surface area contributed by atoms with Crippen molar-refractivity contribution in [3.8, 4) is 5.75 Å². The third-order valence-corrected chi connectivity index (χ3v) is 6.72. The van der Waals surface area contributed by atoms with Crippen molar-refractivity contribution in [2.24, 2.45) is 0 Å². The van der Waals surface area contributed by atoms with Crippen LogP contribution in [-0.4, -0.2) is 51.4 Å². The number of benzene rings is 2. The zero-order chi connectivity index (χ0) is 26.6. The Morgan fingerprint density at radius 3 is 2.51 bits per heavy atom. The van der Waals surface area contributed by atoms with Crippen LogP contribution in [0.25, 0.3) is 0 Å². The molecule has 3 aromatic rings. The van der Waals surface area contributed by atoms with Crippen LogP contribution in [0.3, 0.4) is 0 Å². The zero-order valence-electron chi connectivity index (χ0n) is 21.7. The van der Waals surface area contributed by atoms with E-state index in [-0.39, 0.29) is 36.3 Å². The summed E-state index contributed by atoms with van der Waals surface area (Å²) in [7, 11) is 1.57. The summed E-state index contributed by atoms with van der Waals surface area (Å²) in [6, 6.07) is 15.3. The fourth-order valence-electron chi connectivity index (χ4n) is 4.61. The Morgan fingerprint density at radius 2 is 1.81 bits per heavy atom. The standard InChI is InChI=1S/C28H33N5O4/c1-5-14-33-26(35)24-23(25(34)29-16-21-8-6-7-9-22(21)37-4)31-18-32(24)17-28(33,3)27(36)30-15-20-12-10-19(2)11-13-20/h6-13,18H,5,14-17H2,1-4H3,(H,29,34)(H,30,36). The highest BCUT2D eigenvalue weighted by atomic mass is 16.5. The predicted molar refractivity (Wildman–Crippen MR) is 139 cm³/mol. The minimum absolute atomic E-state index is 0.0446. The molecule has 2 aromatic carbocycles. The number of ether oxygens (including phenoxy) is 1. The lowest BCUT2D eigenvalue weighted by atomic mass is 9.93. The molecule has 3 amide bonds. The highest BCUT2D eigenvalue weighted by Gasteiger charge is 2.48. The van der Waals surface area contributed by atoms with Gasteiger partial charge in [0.05, 0.1) is 20.0 Å². The Labute approximate surface area is 216 Å². The molecule has 37 heavy (non-hydrogen) atoms. The maximum absolute atomic E-state index is 13.7. The van der Waals surface area contributed by atoms with E-state index in [2.05, 4.69) is 15.6 Å². The molecule has 1 atom stereocenters. The van der Waals surface area contributed by atoms with Crippen molar-refractivity contribution in [3.63, 3.8) is 0 Å². The van der Waals surface area contributed by atoms with E-state index in [0.717, 1.165) is 16.7 Å². The first-order valence-electron chi connectivity index (χ1n) is 12.4. The molecule has 4 rings (SSSR count). The predicted octanol–water partition coefficient (Wildman–Crippen LogP) is 3.07. The largest absolute Gasteiger partial charge is 0.496 e. The number of fused-ring (bicyclic) bond motifs is 1. The SMILES string of the molecule is CCCN1C(=O)c2c(C(=O)NCc3ccccc3OC)ncn2CC1(C)C(=O)NCc1ccc(C)cc1. The number of hydrogen-bond donors (Lipinski definition) is 2. The van der Waals surface area contributed by atoms with Crippen LogP contribution < -0.4 is 15.4 Å². The lowest BCUT2D eigenvalue weighted by molar-refractivity contribution is -0.133. The van der Waals surface area contributed by atoms with E-state index in [1.807, 2.05) is 62.4 Å². The summed E-state index contributed by atoms with van der Waals surface area (Å²) in [6.07, 6.45) is 2.12. The van der Waals surface area contributed by atoms with Crippen LogP contribution in [0.5, 0.6) is 5.75 Å². The van der Waals surface area contributed by atoms with Gasteiger partial charge in [-0.1, -0.05) is 55.0 Å². The zero-order valence-corrected chi connectivity index (χ0v) is 21.7. The second kappa shape index (κ2) is 10.9. The summed E-state index contributed by atoms with van der Waals surface area (Å²) >= 11 is 0. The molecule has 2 N–H and O–H groups in total. The molecule has 0 aliphatic carbocycles. The Bertz CT molecular complexity index is 1300. The highest BCUT2D eigenvalue weighted by Crippen LogP contribution is 2.29. The molecule has 2 heterocycles. The van der Waals surface area contributed by atoms with Crippen LogP contribution in [0.15, 0.2) is 54.9 Å². The number of amides is 3. The average Bonchev–Trinajstić information content (AvgIpc) is 3.33. The molecule has 1 aromatic heterocycles. The van der Waals surface area contributed by atoms with Crippen molar-refractivity contribution < 1.29 is 19.1 Å². The number of hydrogen-bond acceptors (Lipinski definition) is 5. The fourth-order valence-corrected chi connectivity index (χ4v) is 4.61. The van der Waals surface area contributed by atoms with E-state index in [9.17, 15) is 14.4 Å². The summed E-state index contributed by atoms with van der Waals surface area (Å²) in [4.78, 5) is 46.0. The Hall–Kier alpha value is -4.14. The van der Waals surface area contributed by atoms with Gasteiger partial charge in [-0.3, -0.25) is 14.4 Å². The first kappa shape index (κ1) is 25.9. The number of carbonyl (C=O) groups is 3. The van der Waals surface area contributed by atoms with Crippen molar-refractivity contribution >= 4 is 17.7 Å². The van der Waals surface area contributed by atoms with Gasteiger partial charge in [-0.25, -0.2) is 4.98 Å². The molecule has 0 saturated carbocycles. The van der Waals surface area contributed by atoms with Crippen LogP contribution in [0.2, 0.25) is 0 Å². The van der Waals surface area contributed by atoms with Crippen molar-refractivity contribution in [1.29, 1.82) is 0 Å². The quantitative estimate of drug-likeness (QED) is 0.467. The van der Waals surface area contributed by atoms with Gasteiger partial charge in [-0.2, -0.15) is 0 Å². The summed E-state index contributed by atoms with van der Waals surface area (Å²) in [5, 5.41) is 5.82. The molecule has 9 heteroatoms. The topological polar surface area (TPSA) is 106 Å². The second-order valence-electron chi connectivity index (χ2n) is 9.46. The minimum atomic E-state index is -1.13. The first-order valence-corrected chi connectivity index (χ1v) is 12.4. The van der Waals surface area contributed by atoms with Gasteiger partial charge in [0.15, 0.2) is 5.69 Å². The molecule has 0 fully saturated rings. The lowest BCUT2D eigenvalue weighted by Crippen LogP contribution is -2.64. The molecule has 1 aliphatic heterocycles. The minimum Gasteiger partial charge on any atom is -0.496 e.